The minimum atomic E-state index is -0.0342. The molecule has 0 aliphatic heterocycles. The van der Waals surface area contributed by atoms with Gasteiger partial charge in [-0.2, -0.15) is 5.10 Å². The van der Waals surface area contributed by atoms with Crippen LogP contribution < -0.4 is 5.32 Å². The maximum absolute atomic E-state index is 12.0. The van der Waals surface area contributed by atoms with E-state index in [0.717, 1.165) is 18.7 Å². The van der Waals surface area contributed by atoms with Crippen LogP contribution in [0.5, 0.6) is 0 Å². The maximum Gasteiger partial charge on any atom is 0.251 e. The first-order valence-electron chi connectivity index (χ1n) is 7.20. The molecule has 5 heteroatoms. The van der Waals surface area contributed by atoms with Gasteiger partial charge in [0.1, 0.15) is 12.2 Å². The highest BCUT2D eigenvalue weighted by atomic mass is 16.1. The number of aryl methyl sites for hydroxylation is 1. The van der Waals surface area contributed by atoms with Crippen molar-refractivity contribution in [3.8, 4) is 0 Å². The molecule has 1 amide bonds. The van der Waals surface area contributed by atoms with Crippen molar-refractivity contribution in [2.45, 2.75) is 39.0 Å². The number of nitrogens with zero attached hydrogens (tertiary/aromatic N) is 2. The highest BCUT2D eigenvalue weighted by Gasteiger charge is 2.14. The molecule has 0 spiro atoms. The largest absolute Gasteiger partial charge is 0.352 e. The summed E-state index contributed by atoms with van der Waals surface area (Å²) < 4.78 is 0. The summed E-state index contributed by atoms with van der Waals surface area (Å²) in [7, 11) is 0. The zero-order valence-electron chi connectivity index (χ0n) is 12.8. The maximum atomic E-state index is 12.0. The lowest BCUT2D eigenvalue weighted by molar-refractivity contribution is 0.0953. The van der Waals surface area contributed by atoms with Crippen molar-refractivity contribution >= 4 is 5.91 Å². The second-order valence-electron chi connectivity index (χ2n) is 6.12. The highest BCUT2D eigenvalue weighted by Crippen LogP contribution is 2.22. The van der Waals surface area contributed by atoms with E-state index in [0.29, 0.717) is 12.1 Å². The monoisotopic (exact) mass is 286 g/mol. The van der Waals surface area contributed by atoms with Crippen molar-refractivity contribution < 1.29 is 4.79 Å². The van der Waals surface area contributed by atoms with Gasteiger partial charge in [-0.25, -0.2) is 4.98 Å². The Morgan fingerprint density at radius 2 is 1.95 bits per heavy atom. The number of hydrogen-bond acceptors (Lipinski definition) is 3. The molecule has 0 saturated carbocycles. The Kier molecular flexibility index (Phi) is 4.73. The second-order valence-corrected chi connectivity index (χ2v) is 6.12. The number of nitrogens with one attached hydrogen (secondary N) is 2. The van der Waals surface area contributed by atoms with Gasteiger partial charge < -0.3 is 5.32 Å². The lowest BCUT2D eigenvalue weighted by Gasteiger charge is -2.19. The molecule has 0 fully saturated rings. The molecule has 0 saturated heterocycles. The molecule has 1 aromatic carbocycles. The number of aromatic nitrogens is 3. The van der Waals surface area contributed by atoms with Crippen LogP contribution in [0, 0.1) is 0 Å². The average Bonchev–Trinajstić information content (AvgIpc) is 2.96. The Balaban J connectivity index is 1.80. The predicted octanol–water partition coefficient (Wildman–Crippen LogP) is 2.46. The summed E-state index contributed by atoms with van der Waals surface area (Å²) in [6.07, 6.45) is 3.11. The van der Waals surface area contributed by atoms with E-state index >= 15 is 0 Å². The summed E-state index contributed by atoms with van der Waals surface area (Å²) in [5, 5.41) is 9.51. The normalized spacial score (nSPS) is 11.4. The molecule has 112 valence electrons. The zero-order valence-corrected chi connectivity index (χ0v) is 12.8. The minimum absolute atomic E-state index is 0.0342. The average molecular weight is 286 g/mol. The van der Waals surface area contributed by atoms with Gasteiger partial charge in [0, 0.05) is 18.5 Å². The highest BCUT2D eigenvalue weighted by molar-refractivity contribution is 5.94. The van der Waals surface area contributed by atoms with E-state index in [-0.39, 0.29) is 11.3 Å². The fourth-order valence-electron chi connectivity index (χ4n) is 2.03. The van der Waals surface area contributed by atoms with Crippen LogP contribution in [0.1, 0.15) is 48.9 Å². The first kappa shape index (κ1) is 15.2. The molecule has 2 rings (SSSR count). The smallest absolute Gasteiger partial charge is 0.251 e. The Morgan fingerprint density at radius 3 is 2.52 bits per heavy atom. The summed E-state index contributed by atoms with van der Waals surface area (Å²) >= 11 is 0. The first-order chi connectivity index (χ1) is 9.97. The quantitative estimate of drug-likeness (QED) is 0.829. The standard InChI is InChI=1S/C16H22N4O/c1-16(2,3)13-8-6-12(7-9-13)15(21)17-10-4-5-14-18-11-19-20-14/h6-9,11H,4-5,10H2,1-3H3,(H,17,21)(H,18,19,20). The summed E-state index contributed by atoms with van der Waals surface area (Å²) in [6, 6.07) is 7.80. The molecule has 0 radical (unpaired) electrons. The van der Waals surface area contributed by atoms with Gasteiger partial charge in [0.05, 0.1) is 0 Å². The summed E-state index contributed by atoms with van der Waals surface area (Å²) in [4.78, 5) is 16.1. The van der Waals surface area contributed by atoms with Crippen LogP contribution in [-0.2, 0) is 11.8 Å². The SMILES string of the molecule is CC(C)(C)c1ccc(C(=O)NCCCc2ncn[nH]2)cc1. The third kappa shape index (κ3) is 4.41. The van der Waals surface area contributed by atoms with Crippen LogP contribution in [0.3, 0.4) is 0 Å². The molecule has 21 heavy (non-hydrogen) atoms. The number of benzene rings is 1. The van der Waals surface area contributed by atoms with Gasteiger partial charge in [-0.15, -0.1) is 0 Å². The molecule has 1 heterocycles. The summed E-state index contributed by atoms with van der Waals surface area (Å²) in [5.74, 6) is 0.812. The van der Waals surface area contributed by atoms with Crippen molar-refractivity contribution in [1.29, 1.82) is 0 Å². The second kappa shape index (κ2) is 6.52. The van der Waals surface area contributed by atoms with Crippen LogP contribution in [0.4, 0.5) is 0 Å². The number of rotatable bonds is 5. The van der Waals surface area contributed by atoms with E-state index < -0.39 is 0 Å². The van der Waals surface area contributed by atoms with Gasteiger partial charge >= 0.3 is 0 Å². The lowest BCUT2D eigenvalue weighted by atomic mass is 9.87. The van der Waals surface area contributed by atoms with Crippen molar-refractivity contribution in [3.63, 3.8) is 0 Å². The Labute approximate surface area is 125 Å². The van der Waals surface area contributed by atoms with E-state index in [4.69, 9.17) is 0 Å². The van der Waals surface area contributed by atoms with Gasteiger partial charge in [0.25, 0.3) is 5.91 Å². The molecular weight excluding hydrogens is 264 g/mol. The Morgan fingerprint density at radius 1 is 1.24 bits per heavy atom. The molecule has 5 nitrogen and oxygen atoms in total. The topological polar surface area (TPSA) is 70.7 Å². The third-order valence-corrected chi connectivity index (χ3v) is 3.35. The van der Waals surface area contributed by atoms with E-state index in [1.54, 1.807) is 0 Å². The number of hydrogen-bond donors (Lipinski definition) is 2. The van der Waals surface area contributed by atoms with Gasteiger partial charge in [-0.05, 0) is 29.5 Å². The van der Waals surface area contributed by atoms with Crippen molar-refractivity contribution in [2.75, 3.05) is 6.54 Å². The summed E-state index contributed by atoms with van der Waals surface area (Å²) in [5.41, 5.74) is 2.03. The number of carbonyl (C=O) groups excluding carboxylic acids is 1. The van der Waals surface area contributed by atoms with E-state index in [1.165, 1.54) is 11.9 Å². The minimum Gasteiger partial charge on any atom is -0.352 e. The molecule has 0 aliphatic carbocycles. The van der Waals surface area contributed by atoms with Gasteiger partial charge in [-0.1, -0.05) is 32.9 Å². The van der Waals surface area contributed by atoms with Crippen molar-refractivity contribution in [3.05, 3.63) is 47.5 Å². The number of aromatic amines is 1. The van der Waals surface area contributed by atoms with Crippen LogP contribution in [-0.4, -0.2) is 27.6 Å². The lowest BCUT2D eigenvalue weighted by Crippen LogP contribution is -2.25. The molecule has 2 N–H and O–H groups in total. The predicted molar refractivity (Wildman–Crippen MR) is 82.2 cm³/mol. The van der Waals surface area contributed by atoms with Crippen molar-refractivity contribution in [1.82, 2.24) is 20.5 Å². The van der Waals surface area contributed by atoms with Gasteiger partial charge in [-0.3, -0.25) is 9.89 Å². The Hall–Kier alpha value is -2.17. The van der Waals surface area contributed by atoms with E-state index in [1.807, 2.05) is 24.3 Å². The molecule has 0 aliphatic rings. The third-order valence-electron chi connectivity index (χ3n) is 3.35. The van der Waals surface area contributed by atoms with Crippen LogP contribution >= 0.6 is 0 Å². The number of carbonyl (C=O) groups is 1. The molecule has 2 aromatic rings. The molecular formula is C16H22N4O. The first-order valence-corrected chi connectivity index (χ1v) is 7.20. The van der Waals surface area contributed by atoms with E-state index in [2.05, 4.69) is 41.3 Å². The van der Waals surface area contributed by atoms with Crippen LogP contribution in [0.2, 0.25) is 0 Å². The van der Waals surface area contributed by atoms with E-state index in [9.17, 15) is 4.79 Å². The fourth-order valence-corrected chi connectivity index (χ4v) is 2.03. The van der Waals surface area contributed by atoms with Gasteiger partial charge in [0.15, 0.2) is 0 Å². The number of H-pyrrole nitrogens is 1. The van der Waals surface area contributed by atoms with Crippen molar-refractivity contribution in [2.24, 2.45) is 0 Å². The molecule has 0 unspecified atom stereocenters. The number of amides is 1. The fraction of sp³-hybridized carbons (Fsp3) is 0.438. The molecule has 1 aromatic heterocycles. The summed E-state index contributed by atoms with van der Waals surface area (Å²) in [6.45, 7) is 7.10. The molecule has 0 atom stereocenters. The zero-order chi connectivity index (χ0) is 15.3. The van der Waals surface area contributed by atoms with Crippen LogP contribution in [0.15, 0.2) is 30.6 Å². The van der Waals surface area contributed by atoms with Gasteiger partial charge in [0.2, 0.25) is 0 Å². The van der Waals surface area contributed by atoms with Crippen LogP contribution in [0.25, 0.3) is 0 Å². The molecule has 0 bridgehead atoms. The Bertz CT molecular complexity index is 567.